The molecular formula is C23H28N2O4S. The lowest BCUT2D eigenvalue weighted by atomic mass is 10.1. The highest BCUT2D eigenvalue weighted by atomic mass is 32.2. The molecule has 2 aromatic rings. The van der Waals surface area contributed by atoms with Crippen LogP contribution in [0.5, 0.6) is 0 Å². The summed E-state index contributed by atoms with van der Waals surface area (Å²) >= 11 is 1.22. The highest BCUT2D eigenvalue weighted by molar-refractivity contribution is 8.00. The minimum Gasteiger partial charge on any atom is -0.462 e. The molecule has 0 atom stereocenters. The number of thioether (sulfide) groups is 1. The number of hydrogen-bond acceptors (Lipinski definition) is 5. The van der Waals surface area contributed by atoms with E-state index in [1.54, 1.807) is 24.3 Å². The van der Waals surface area contributed by atoms with Crippen molar-refractivity contribution in [3.63, 3.8) is 0 Å². The Balaban J connectivity index is 1.74. The second-order valence-corrected chi connectivity index (χ2v) is 7.70. The van der Waals surface area contributed by atoms with Crippen LogP contribution in [0.4, 0.5) is 11.4 Å². The van der Waals surface area contributed by atoms with E-state index in [2.05, 4.69) is 17.6 Å². The number of ether oxygens (including phenoxy) is 1. The fraction of sp³-hybridized carbons (Fsp3) is 0.348. The monoisotopic (exact) mass is 428 g/mol. The Morgan fingerprint density at radius 1 is 0.900 bits per heavy atom. The van der Waals surface area contributed by atoms with Crippen molar-refractivity contribution in [3.8, 4) is 0 Å². The molecule has 0 radical (unpaired) electrons. The largest absolute Gasteiger partial charge is 0.462 e. The first kappa shape index (κ1) is 23.5. The van der Waals surface area contributed by atoms with E-state index in [0.29, 0.717) is 17.9 Å². The molecule has 2 aromatic carbocycles. The van der Waals surface area contributed by atoms with Gasteiger partial charge in [-0.15, -0.1) is 11.8 Å². The van der Waals surface area contributed by atoms with Crippen molar-refractivity contribution in [3.05, 3.63) is 59.7 Å². The summed E-state index contributed by atoms with van der Waals surface area (Å²) in [4.78, 5) is 36.2. The first-order chi connectivity index (χ1) is 14.5. The number of carbonyl (C=O) groups is 3. The average Bonchev–Trinajstić information content (AvgIpc) is 2.74. The minimum atomic E-state index is -0.405. The molecule has 30 heavy (non-hydrogen) atoms. The zero-order valence-corrected chi connectivity index (χ0v) is 18.2. The van der Waals surface area contributed by atoms with Crippen molar-refractivity contribution in [2.75, 3.05) is 28.7 Å². The van der Waals surface area contributed by atoms with E-state index < -0.39 is 5.97 Å². The van der Waals surface area contributed by atoms with Crippen molar-refractivity contribution in [1.29, 1.82) is 0 Å². The van der Waals surface area contributed by atoms with Crippen LogP contribution in [-0.2, 0) is 20.7 Å². The summed E-state index contributed by atoms with van der Waals surface area (Å²) in [6.07, 6.45) is 2.71. The van der Waals surface area contributed by atoms with E-state index in [1.165, 1.54) is 17.3 Å². The Kier molecular flexibility index (Phi) is 9.94. The Labute approximate surface area is 181 Å². The lowest BCUT2D eigenvalue weighted by molar-refractivity contribution is -0.114. The first-order valence-corrected chi connectivity index (χ1v) is 11.2. The first-order valence-electron chi connectivity index (χ1n) is 10.1. The topological polar surface area (TPSA) is 84.5 Å². The minimum absolute atomic E-state index is 0.132. The lowest BCUT2D eigenvalue weighted by Crippen LogP contribution is -2.18. The summed E-state index contributed by atoms with van der Waals surface area (Å²) in [6.45, 7) is 4.48. The summed E-state index contributed by atoms with van der Waals surface area (Å²) < 4.78 is 5.18. The number of unbranched alkanes of at least 4 members (excludes halogenated alkanes) is 1. The number of nitrogens with one attached hydrogen (secondary N) is 2. The fourth-order valence-corrected chi connectivity index (χ4v) is 3.19. The molecule has 0 saturated carbocycles. The van der Waals surface area contributed by atoms with Crippen LogP contribution in [0.3, 0.4) is 0 Å². The number of carbonyl (C=O) groups excluding carboxylic acids is 3. The molecule has 160 valence electrons. The maximum Gasteiger partial charge on any atom is 0.338 e. The second kappa shape index (κ2) is 12.7. The van der Waals surface area contributed by atoms with Crippen LogP contribution < -0.4 is 10.6 Å². The predicted molar refractivity (Wildman–Crippen MR) is 122 cm³/mol. The Hall–Kier alpha value is -2.80. The van der Waals surface area contributed by atoms with Gasteiger partial charge in [-0.1, -0.05) is 38.5 Å². The van der Waals surface area contributed by atoms with E-state index in [0.717, 1.165) is 24.9 Å². The van der Waals surface area contributed by atoms with Gasteiger partial charge in [0.05, 0.1) is 23.7 Å². The third kappa shape index (κ3) is 8.29. The van der Waals surface area contributed by atoms with E-state index >= 15 is 0 Å². The number of amides is 2. The maximum absolute atomic E-state index is 12.1. The standard InChI is InChI=1S/C23H28N2O4S/c1-3-5-13-29-23(28)18-7-6-8-20(14-18)25-22(27)16-30-15-21(26)24-19-11-9-17(4-2)10-12-19/h6-12,14H,3-5,13,15-16H2,1-2H3,(H,24,26)(H,25,27). The van der Waals surface area contributed by atoms with Gasteiger partial charge < -0.3 is 15.4 Å². The van der Waals surface area contributed by atoms with Gasteiger partial charge >= 0.3 is 5.97 Å². The van der Waals surface area contributed by atoms with Crippen LogP contribution in [0.1, 0.15) is 42.6 Å². The lowest BCUT2D eigenvalue weighted by Gasteiger charge is -2.08. The fourth-order valence-electron chi connectivity index (χ4n) is 2.57. The van der Waals surface area contributed by atoms with Crippen LogP contribution in [0.25, 0.3) is 0 Å². The van der Waals surface area contributed by atoms with E-state index in [1.807, 2.05) is 31.2 Å². The van der Waals surface area contributed by atoms with Crippen LogP contribution in [0.15, 0.2) is 48.5 Å². The van der Waals surface area contributed by atoms with Gasteiger partial charge in [0.1, 0.15) is 0 Å². The van der Waals surface area contributed by atoms with Crippen molar-refractivity contribution >= 4 is 40.9 Å². The average molecular weight is 429 g/mol. The second-order valence-electron chi connectivity index (χ2n) is 6.71. The quantitative estimate of drug-likeness (QED) is 0.406. The predicted octanol–water partition coefficient (Wildman–Crippen LogP) is 4.52. The number of aryl methyl sites for hydroxylation is 1. The number of anilines is 2. The van der Waals surface area contributed by atoms with E-state index in [-0.39, 0.29) is 23.3 Å². The summed E-state index contributed by atoms with van der Waals surface area (Å²) in [5.41, 5.74) is 2.86. The number of rotatable bonds is 11. The van der Waals surface area contributed by atoms with Gasteiger partial charge in [0, 0.05) is 11.4 Å². The van der Waals surface area contributed by atoms with Crippen LogP contribution in [0.2, 0.25) is 0 Å². The van der Waals surface area contributed by atoms with Crippen molar-refractivity contribution in [2.45, 2.75) is 33.1 Å². The van der Waals surface area contributed by atoms with Crippen LogP contribution in [0, 0.1) is 0 Å². The van der Waals surface area contributed by atoms with Gasteiger partial charge in [-0.3, -0.25) is 9.59 Å². The molecule has 0 heterocycles. The zero-order valence-electron chi connectivity index (χ0n) is 17.4. The molecule has 0 aromatic heterocycles. The Morgan fingerprint density at radius 2 is 1.57 bits per heavy atom. The van der Waals surface area contributed by atoms with Gasteiger partial charge in [-0.05, 0) is 48.7 Å². The molecule has 0 aliphatic heterocycles. The molecule has 0 fully saturated rings. The Morgan fingerprint density at radius 3 is 2.20 bits per heavy atom. The van der Waals surface area contributed by atoms with Gasteiger partial charge in [0.25, 0.3) is 0 Å². The maximum atomic E-state index is 12.1. The Bertz CT molecular complexity index is 853. The van der Waals surface area contributed by atoms with E-state index in [4.69, 9.17) is 4.74 Å². The van der Waals surface area contributed by atoms with Gasteiger partial charge in [-0.25, -0.2) is 4.79 Å². The molecule has 0 aliphatic rings. The van der Waals surface area contributed by atoms with E-state index in [9.17, 15) is 14.4 Å². The number of esters is 1. The highest BCUT2D eigenvalue weighted by Gasteiger charge is 2.10. The molecule has 0 unspecified atom stereocenters. The summed E-state index contributed by atoms with van der Waals surface area (Å²) in [5.74, 6) is -0.497. The highest BCUT2D eigenvalue weighted by Crippen LogP contribution is 2.14. The third-order valence-electron chi connectivity index (χ3n) is 4.23. The zero-order chi connectivity index (χ0) is 21.8. The molecule has 6 nitrogen and oxygen atoms in total. The molecule has 0 aliphatic carbocycles. The molecule has 7 heteroatoms. The van der Waals surface area contributed by atoms with Gasteiger partial charge in [-0.2, -0.15) is 0 Å². The molecule has 0 bridgehead atoms. The SMILES string of the molecule is CCCCOC(=O)c1cccc(NC(=O)CSCC(=O)Nc2ccc(CC)cc2)c1. The molecule has 2 rings (SSSR count). The third-order valence-corrected chi connectivity index (χ3v) is 5.16. The van der Waals surface area contributed by atoms with Crippen molar-refractivity contribution in [2.24, 2.45) is 0 Å². The van der Waals surface area contributed by atoms with Gasteiger partial charge in [0.15, 0.2) is 0 Å². The smallest absolute Gasteiger partial charge is 0.338 e. The van der Waals surface area contributed by atoms with Crippen molar-refractivity contribution in [1.82, 2.24) is 0 Å². The van der Waals surface area contributed by atoms with Crippen molar-refractivity contribution < 1.29 is 19.1 Å². The summed E-state index contributed by atoms with van der Waals surface area (Å²) in [7, 11) is 0. The molecule has 2 amide bonds. The normalized spacial score (nSPS) is 10.3. The number of hydrogen-bond donors (Lipinski definition) is 2. The van der Waals surface area contributed by atoms with Gasteiger partial charge in [0.2, 0.25) is 11.8 Å². The molecule has 0 spiro atoms. The number of benzene rings is 2. The molecule has 2 N–H and O–H groups in total. The van der Waals surface area contributed by atoms with Crippen LogP contribution in [-0.4, -0.2) is 35.9 Å². The molecule has 0 saturated heterocycles. The summed E-state index contributed by atoms with van der Waals surface area (Å²) in [6, 6.07) is 14.3. The summed E-state index contributed by atoms with van der Waals surface area (Å²) in [5, 5.41) is 5.56. The molecular weight excluding hydrogens is 400 g/mol. The van der Waals surface area contributed by atoms with Crippen LogP contribution >= 0.6 is 11.8 Å².